The van der Waals surface area contributed by atoms with Gasteiger partial charge in [-0.1, -0.05) is 17.8 Å². The molecule has 0 N–H and O–H groups in total. The highest BCUT2D eigenvalue weighted by Crippen LogP contribution is 2.27. The predicted octanol–water partition coefficient (Wildman–Crippen LogP) is 4.19. The van der Waals surface area contributed by atoms with Crippen molar-refractivity contribution in [3.05, 3.63) is 65.1 Å². The Hall–Kier alpha value is -3.00. The van der Waals surface area contributed by atoms with Crippen LogP contribution in [0.5, 0.6) is 0 Å². The minimum absolute atomic E-state index is 0.00224. The van der Waals surface area contributed by atoms with Crippen LogP contribution < -0.4 is 0 Å². The molecule has 0 aliphatic heterocycles. The molecule has 6 nitrogen and oxygen atoms in total. The van der Waals surface area contributed by atoms with Crippen molar-refractivity contribution in [1.82, 2.24) is 24.3 Å². The zero-order chi connectivity index (χ0) is 20.7. The summed E-state index contributed by atoms with van der Waals surface area (Å²) in [6.45, 7) is 5.53. The van der Waals surface area contributed by atoms with Crippen molar-refractivity contribution < 1.29 is 9.18 Å². The van der Waals surface area contributed by atoms with Crippen LogP contribution in [0.3, 0.4) is 0 Å². The van der Waals surface area contributed by atoms with E-state index in [0.717, 1.165) is 27.4 Å². The topological polar surface area (TPSA) is 65.6 Å². The van der Waals surface area contributed by atoms with Crippen LogP contribution in [0.25, 0.3) is 16.7 Å². The van der Waals surface area contributed by atoms with Crippen molar-refractivity contribution in [2.45, 2.75) is 25.8 Å². The van der Waals surface area contributed by atoms with Crippen molar-refractivity contribution in [2.75, 3.05) is 5.75 Å². The smallest absolute Gasteiger partial charge is 0.174 e. The van der Waals surface area contributed by atoms with Gasteiger partial charge in [-0.25, -0.2) is 14.4 Å². The van der Waals surface area contributed by atoms with Crippen LogP contribution in [-0.4, -0.2) is 35.9 Å². The second-order valence-corrected chi connectivity index (χ2v) is 7.91. The van der Waals surface area contributed by atoms with E-state index in [1.165, 1.54) is 24.2 Å². The molecule has 4 rings (SSSR count). The van der Waals surface area contributed by atoms with Crippen LogP contribution in [0.1, 0.15) is 27.3 Å². The predicted molar refractivity (Wildman–Crippen MR) is 111 cm³/mol. The van der Waals surface area contributed by atoms with Crippen molar-refractivity contribution in [2.24, 2.45) is 7.05 Å². The maximum atomic E-state index is 14.0. The zero-order valence-corrected chi connectivity index (χ0v) is 17.4. The highest BCUT2D eigenvalue weighted by atomic mass is 32.2. The van der Waals surface area contributed by atoms with Crippen molar-refractivity contribution in [1.29, 1.82) is 0 Å². The molecule has 0 amide bonds. The van der Waals surface area contributed by atoms with E-state index in [1.807, 2.05) is 37.6 Å². The number of benzene rings is 1. The number of hydrogen-bond acceptors (Lipinski definition) is 5. The van der Waals surface area contributed by atoms with E-state index in [0.29, 0.717) is 16.8 Å². The van der Waals surface area contributed by atoms with Crippen LogP contribution >= 0.6 is 11.8 Å². The summed E-state index contributed by atoms with van der Waals surface area (Å²) in [5.74, 6) is -0.0200. The van der Waals surface area contributed by atoms with Gasteiger partial charge in [0, 0.05) is 29.7 Å². The number of Topliss-reactive ketones (excluding diaryl/α,β-unsaturated/α-hetero) is 1. The third-order valence-electron chi connectivity index (χ3n) is 4.98. The van der Waals surface area contributed by atoms with E-state index >= 15 is 0 Å². The number of nitrogens with zero attached hydrogens (tertiary/aromatic N) is 5. The molecule has 3 aromatic heterocycles. The summed E-state index contributed by atoms with van der Waals surface area (Å²) in [7, 11) is 1.82. The lowest BCUT2D eigenvalue weighted by Crippen LogP contribution is -2.06. The molecule has 0 atom stereocenters. The van der Waals surface area contributed by atoms with Crippen molar-refractivity contribution >= 4 is 28.6 Å². The molecule has 29 heavy (non-hydrogen) atoms. The fraction of sp³-hybridized carbons (Fsp3) is 0.238. The molecule has 0 bridgehead atoms. The minimum Gasteiger partial charge on any atom is -0.318 e. The first kappa shape index (κ1) is 19.3. The number of fused-ring (bicyclic) bond motifs is 1. The lowest BCUT2D eigenvalue weighted by atomic mass is 10.2. The SMILES string of the molecule is Cc1ccc(-n2c(C)cc(C(=O)CSc3ncnc4c3cnn4C)c2C)cc1F. The summed E-state index contributed by atoms with van der Waals surface area (Å²) < 4.78 is 17.6. The normalized spacial score (nSPS) is 11.3. The summed E-state index contributed by atoms with van der Waals surface area (Å²) in [5, 5.41) is 5.75. The molecule has 1 aromatic carbocycles. The number of carbonyl (C=O) groups excluding carboxylic acids is 1. The lowest BCUT2D eigenvalue weighted by molar-refractivity contribution is 0.102. The van der Waals surface area contributed by atoms with Crippen molar-refractivity contribution in [3.63, 3.8) is 0 Å². The molecule has 0 aliphatic carbocycles. The third-order valence-corrected chi connectivity index (χ3v) is 5.98. The molecule has 0 radical (unpaired) electrons. The van der Waals surface area contributed by atoms with Gasteiger partial charge in [-0.3, -0.25) is 9.48 Å². The number of carbonyl (C=O) groups is 1. The number of aromatic nitrogens is 5. The Morgan fingerprint density at radius 3 is 2.72 bits per heavy atom. The Kier molecular flexibility index (Phi) is 4.96. The second kappa shape index (κ2) is 7.44. The number of hydrogen-bond donors (Lipinski definition) is 0. The van der Waals surface area contributed by atoms with Gasteiger partial charge in [0.05, 0.1) is 17.3 Å². The van der Waals surface area contributed by atoms with E-state index in [-0.39, 0.29) is 17.4 Å². The maximum absolute atomic E-state index is 14.0. The molecule has 148 valence electrons. The number of ketones is 1. The monoisotopic (exact) mass is 409 g/mol. The number of rotatable bonds is 5. The summed E-state index contributed by atoms with van der Waals surface area (Å²) in [6.07, 6.45) is 3.19. The molecule has 0 saturated heterocycles. The van der Waals surface area contributed by atoms with E-state index < -0.39 is 0 Å². The molecule has 0 saturated carbocycles. The highest BCUT2D eigenvalue weighted by Gasteiger charge is 2.18. The molecule has 3 heterocycles. The number of aryl methyl sites for hydroxylation is 3. The number of halogens is 1. The van der Waals surface area contributed by atoms with Gasteiger partial charge in [0.25, 0.3) is 0 Å². The Morgan fingerprint density at radius 1 is 1.17 bits per heavy atom. The molecular weight excluding hydrogens is 389 g/mol. The molecular formula is C21H20FN5OS. The summed E-state index contributed by atoms with van der Waals surface area (Å²) in [5.41, 5.74) is 4.35. The molecule has 0 spiro atoms. The molecule has 8 heteroatoms. The van der Waals surface area contributed by atoms with E-state index in [4.69, 9.17) is 0 Å². The first-order valence-electron chi connectivity index (χ1n) is 9.11. The fourth-order valence-corrected chi connectivity index (χ4v) is 4.28. The van der Waals surface area contributed by atoms with Gasteiger partial charge < -0.3 is 4.57 Å². The van der Waals surface area contributed by atoms with Crippen LogP contribution in [0.4, 0.5) is 4.39 Å². The largest absolute Gasteiger partial charge is 0.318 e. The summed E-state index contributed by atoms with van der Waals surface area (Å²) in [4.78, 5) is 21.4. The van der Waals surface area contributed by atoms with Crippen LogP contribution in [0.2, 0.25) is 0 Å². The molecule has 0 fully saturated rings. The van der Waals surface area contributed by atoms with E-state index in [2.05, 4.69) is 15.1 Å². The van der Waals surface area contributed by atoms with Crippen LogP contribution in [-0.2, 0) is 7.05 Å². The van der Waals surface area contributed by atoms with Gasteiger partial charge in [0.15, 0.2) is 11.4 Å². The van der Waals surface area contributed by atoms with E-state index in [9.17, 15) is 9.18 Å². The molecule has 0 unspecified atom stereocenters. The summed E-state index contributed by atoms with van der Waals surface area (Å²) >= 11 is 1.37. The lowest BCUT2D eigenvalue weighted by Gasteiger charge is -2.11. The maximum Gasteiger partial charge on any atom is 0.174 e. The standard InChI is InChI=1S/C21H20FN5OS/c1-12-5-6-15(8-18(12)22)27-13(2)7-16(14(27)3)19(28)10-29-21-17-9-25-26(4)20(17)23-11-24-21/h5-9,11H,10H2,1-4H3. The Balaban J connectivity index is 1.60. The fourth-order valence-electron chi connectivity index (χ4n) is 3.43. The van der Waals surface area contributed by atoms with Gasteiger partial charge in [-0.15, -0.1) is 0 Å². The quantitative estimate of drug-likeness (QED) is 0.281. The average Bonchev–Trinajstić information content (AvgIpc) is 3.22. The van der Waals surface area contributed by atoms with Gasteiger partial charge in [-0.05, 0) is 44.5 Å². The molecule has 0 aliphatic rings. The van der Waals surface area contributed by atoms with Crippen LogP contribution in [0, 0.1) is 26.6 Å². The van der Waals surface area contributed by atoms with Gasteiger partial charge in [0.1, 0.15) is 17.2 Å². The van der Waals surface area contributed by atoms with Gasteiger partial charge >= 0.3 is 0 Å². The zero-order valence-electron chi connectivity index (χ0n) is 16.6. The molecule has 4 aromatic rings. The van der Waals surface area contributed by atoms with Crippen molar-refractivity contribution in [3.8, 4) is 5.69 Å². The third kappa shape index (κ3) is 3.44. The Morgan fingerprint density at radius 2 is 1.97 bits per heavy atom. The highest BCUT2D eigenvalue weighted by molar-refractivity contribution is 8.00. The Labute approximate surface area is 171 Å². The van der Waals surface area contributed by atoms with Gasteiger partial charge in [-0.2, -0.15) is 5.10 Å². The summed E-state index contributed by atoms with van der Waals surface area (Å²) in [6, 6.07) is 6.96. The Bertz CT molecular complexity index is 1240. The second-order valence-electron chi connectivity index (χ2n) is 6.95. The first-order chi connectivity index (χ1) is 13.9. The average molecular weight is 409 g/mol. The van der Waals surface area contributed by atoms with E-state index in [1.54, 1.807) is 23.9 Å². The minimum atomic E-state index is -0.261. The van der Waals surface area contributed by atoms with Gasteiger partial charge in [0.2, 0.25) is 0 Å². The number of thioether (sulfide) groups is 1. The first-order valence-corrected chi connectivity index (χ1v) is 10.1. The van der Waals surface area contributed by atoms with Crippen LogP contribution in [0.15, 0.2) is 41.8 Å².